The molecule has 2 aliphatic heterocycles. The fourth-order valence-electron chi connectivity index (χ4n) is 5.29. The molecule has 1 aliphatic carbocycles. The van der Waals surface area contributed by atoms with Crippen molar-refractivity contribution in [3.8, 4) is 11.5 Å². The quantitative estimate of drug-likeness (QED) is 0.656. The lowest BCUT2D eigenvalue weighted by Crippen LogP contribution is -2.46. The van der Waals surface area contributed by atoms with Crippen molar-refractivity contribution in [2.75, 3.05) is 45.5 Å². The summed E-state index contributed by atoms with van der Waals surface area (Å²) in [5.74, 6) is 1.25. The molecule has 2 fully saturated rings. The number of morpholine rings is 1. The summed E-state index contributed by atoms with van der Waals surface area (Å²) in [5.41, 5.74) is 3.08. The number of hydrazone groups is 1. The summed E-state index contributed by atoms with van der Waals surface area (Å²) in [6, 6.07) is 13.0. The van der Waals surface area contributed by atoms with Crippen molar-refractivity contribution < 1.29 is 23.8 Å². The average molecular weight is 478 g/mol. The van der Waals surface area contributed by atoms with E-state index in [0.29, 0.717) is 49.1 Å². The maximum Gasteiger partial charge on any atom is 0.254 e. The van der Waals surface area contributed by atoms with Crippen LogP contribution in [0.1, 0.15) is 41.6 Å². The van der Waals surface area contributed by atoms with Gasteiger partial charge in [0, 0.05) is 36.1 Å². The molecule has 8 nitrogen and oxygen atoms in total. The summed E-state index contributed by atoms with van der Waals surface area (Å²) in [6.45, 7) is 2.30. The first-order chi connectivity index (χ1) is 17.1. The van der Waals surface area contributed by atoms with E-state index in [1.807, 2.05) is 30.3 Å². The lowest BCUT2D eigenvalue weighted by molar-refractivity contribution is -0.124. The largest absolute Gasteiger partial charge is 0.493 e. The molecule has 2 unspecified atom stereocenters. The summed E-state index contributed by atoms with van der Waals surface area (Å²) in [5, 5.41) is 6.39. The van der Waals surface area contributed by atoms with E-state index in [1.54, 1.807) is 31.3 Å². The van der Waals surface area contributed by atoms with Gasteiger partial charge in [0.05, 0.1) is 38.8 Å². The van der Waals surface area contributed by atoms with Gasteiger partial charge in [-0.3, -0.25) is 9.59 Å². The fourth-order valence-corrected chi connectivity index (χ4v) is 5.29. The molecule has 0 radical (unpaired) electrons. The molecule has 0 aromatic heterocycles. The van der Waals surface area contributed by atoms with Crippen molar-refractivity contribution in [3.05, 3.63) is 53.6 Å². The molecule has 1 saturated heterocycles. The van der Waals surface area contributed by atoms with Gasteiger partial charge in [-0.15, -0.1) is 0 Å². The number of hydrogen-bond acceptors (Lipinski definition) is 6. The molecule has 2 heterocycles. The Morgan fingerprint density at radius 1 is 0.943 bits per heavy atom. The molecule has 0 N–H and O–H groups in total. The van der Waals surface area contributed by atoms with E-state index in [-0.39, 0.29) is 23.7 Å². The Bertz CT molecular complexity index is 1120. The van der Waals surface area contributed by atoms with E-state index in [1.165, 1.54) is 5.01 Å². The predicted molar refractivity (Wildman–Crippen MR) is 132 cm³/mol. The number of methoxy groups -OCH3 is 2. The summed E-state index contributed by atoms with van der Waals surface area (Å²) in [7, 11) is 3.23. The van der Waals surface area contributed by atoms with Gasteiger partial charge in [-0.1, -0.05) is 12.8 Å². The second kappa shape index (κ2) is 10.1. The number of carbonyl (C=O) groups excluding carboxylic acids is 2. The average Bonchev–Trinajstić information content (AvgIpc) is 2.93. The molecule has 3 aliphatic rings. The Hall–Kier alpha value is -3.39. The molecule has 2 amide bonds. The van der Waals surface area contributed by atoms with Crippen LogP contribution in [-0.4, -0.2) is 62.9 Å². The van der Waals surface area contributed by atoms with Crippen LogP contribution in [0.3, 0.4) is 0 Å². The van der Waals surface area contributed by atoms with E-state index >= 15 is 0 Å². The number of rotatable bonds is 5. The molecule has 5 rings (SSSR count). The first kappa shape index (κ1) is 23.4. The number of ether oxygens (including phenoxy) is 3. The van der Waals surface area contributed by atoms with Crippen LogP contribution in [0.25, 0.3) is 0 Å². The smallest absolute Gasteiger partial charge is 0.254 e. The number of benzene rings is 2. The van der Waals surface area contributed by atoms with Gasteiger partial charge in [0.15, 0.2) is 11.5 Å². The van der Waals surface area contributed by atoms with Gasteiger partial charge in [0.1, 0.15) is 0 Å². The summed E-state index contributed by atoms with van der Waals surface area (Å²) in [4.78, 5) is 28.1. The molecular weight excluding hydrogens is 446 g/mol. The van der Waals surface area contributed by atoms with E-state index < -0.39 is 0 Å². The number of hydrogen-bond donors (Lipinski definition) is 0. The normalized spacial score (nSPS) is 22.3. The first-order valence-electron chi connectivity index (χ1n) is 12.2. The monoisotopic (exact) mass is 477 g/mol. The van der Waals surface area contributed by atoms with Crippen LogP contribution in [0.2, 0.25) is 0 Å². The van der Waals surface area contributed by atoms with Gasteiger partial charge < -0.3 is 19.1 Å². The molecule has 0 spiro atoms. The van der Waals surface area contributed by atoms with E-state index in [4.69, 9.17) is 19.3 Å². The Labute approximate surface area is 205 Å². The Balaban J connectivity index is 1.48. The van der Waals surface area contributed by atoms with Crippen LogP contribution >= 0.6 is 0 Å². The second-order valence-corrected chi connectivity index (χ2v) is 9.15. The maximum atomic E-state index is 13.5. The highest BCUT2D eigenvalue weighted by molar-refractivity contribution is 6.11. The molecule has 35 heavy (non-hydrogen) atoms. The number of anilines is 1. The van der Waals surface area contributed by atoms with Gasteiger partial charge in [-0.25, -0.2) is 5.01 Å². The number of carbonyl (C=O) groups is 2. The molecule has 0 bridgehead atoms. The second-order valence-electron chi connectivity index (χ2n) is 9.15. The van der Waals surface area contributed by atoms with E-state index in [2.05, 4.69) is 0 Å². The molecule has 1 saturated carbocycles. The highest BCUT2D eigenvalue weighted by Crippen LogP contribution is 2.40. The molecule has 184 valence electrons. The topological polar surface area (TPSA) is 80.7 Å². The minimum atomic E-state index is -0.112. The summed E-state index contributed by atoms with van der Waals surface area (Å²) >= 11 is 0. The minimum absolute atomic E-state index is 0.0196. The van der Waals surface area contributed by atoms with Crippen molar-refractivity contribution in [1.29, 1.82) is 0 Å². The molecule has 2 atom stereocenters. The third kappa shape index (κ3) is 4.50. The number of nitrogens with zero attached hydrogens (tertiary/aromatic N) is 3. The van der Waals surface area contributed by atoms with Crippen LogP contribution in [0.4, 0.5) is 5.69 Å². The number of amides is 2. The Kier molecular flexibility index (Phi) is 6.72. The van der Waals surface area contributed by atoms with Gasteiger partial charge in [0.25, 0.3) is 11.8 Å². The molecule has 2 aromatic rings. The van der Waals surface area contributed by atoms with E-state index in [0.717, 1.165) is 37.0 Å². The molecular formula is C27H31N3O5. The third-order valence-corrected chi connectivity index (χ3v) is 7.19. The van der Waals surface area contributed by atoms with Gasteiger partial charge in [0.2, 0.25) is 0 Å². The van der Waals surface area contributed by atoms with Crippen LogP contribution in [0.15, 0.2) is 47.6 Å². The van der Waals surface area contributed by atoms with Crippen molar-refractivity contribution in [2.45, 2.75) is 25.7 Å². The van der Waals surface area contributed by atoms with Crippen molar-refractivity contribution in [2.24, 2.45) is 16.9 Å². The van der Waals surface area contributed by atoms with Gasteiger partial charge in [-0.05, 0) is 55.3 Å². The zero-order valence-corrected chi connectivity index (χ0v) is 20.2. The Morgan fingerprint density at radius 3 is 2.31 bits per heavy atom. The first-order valence-corrected chi connectivity index (χ1v) is 12.2. The number of fused-ring (bicyclic) bond motifs is 1. The van der Waals surface area contributed by atoms with Crippen LogP contribution in [0, 0.1) is 11.8 Å². The van der Waals surface area contributed by atoms with E-state index in [9.17, 15) is 9.59 Å². The lowest BCUT2D eigenvalue weighted by Gasteiger charge is -2.38. The van der Waals surface area contributed by atoms with Gasteiger partial charge in [-0.2, -0.15) is 5.10 Å². The predicted octanol–water partition coefficient (Wildman–Crippen LogP) is 3.73. The fraction of sp³-hybridized carbons (Fsp3) is 0.444. The maximum absolute atomic E-state index is 13.5. The highest BCUT2D eigenvalue weighted by Gasteiger charge is 2.42. The highest BCUT2D eigenvalue weighted by atomic mass is 16.5. The summed E-state index contributed by atoms with van der Waals surface area (Å²) < 4.78 is 16.3. The molecule has 8 heteroatoms. The van der Waals surface area contributed by atoms with Crippen molar-refractivity contribution in [3.63, 3.8) is 0 Å². The van der Waals surface area contributed by atoms with Crippen LogP contribution in [0.5, 0.6) is 11.5 Å². The van der Waals surface area contributed by atoms with Crippen molar-refractivity contribution in [1.82, 2.24) is 4.90 Å². The van der Waals surface area contributed by atoms with Crippen molar-refractivity contribution >= 4 is 23.2 Å². The SMILES string of the molecule is COc1ccc(C2=NN(c3ccc(C(=O)N4CCOCC4)cc3)C(=O)C3CCCCC23)cc1OC. The summed E-state index contributed by atoms with van der Waals surface area (Å²) in [6.07, 6.45) is 3.90. The molecule has 2 aromatic carbocycles. The Morgan fingerprint density at radius 2 is 1.63 bits per heavy atom. The van der Waals surface area contributed by atoms with Gasteiger partial charge >= 0.3 is 0 Å². The van der Waals surface area contributed by atoms with Crippen LogP contribution in [-0.2, 0) is 9.53 Å². The zero-order valence-electron chi connectivity index (χ0n) is 20.2. The standard InChI is InChI=1S/C27H31N3O5/c1-33-23-12-9-19(17-24(23)34-2)25-21-5-3-4-6-22(21)27(32)30(28-25)20-10-7-18(8-11-20)26(31)29-13-15-35-16-14-29/h7-12,17,21-22H,3-6,13-16H2,1-2H3. The lowest BCUT2D eigenvalue weighted by atomic mass is 9.73. The third-order valence-electron chi connectivity index (χ3n) is 7.19. The minimum Gasteiger partial charge on any atom is -0.493 e. The van der Waals surface area contributed by atoms with Crippen LogP contribution < -0.4 is 14.5 Å². The zero-order chi connectivity index (χ0) is 24.4.